The van der Waals surface area contributed by atoms with Gasteiger partial charge in [0.2, 0.25) is 13.4 Å². The van der Waals surface area contributed by atoms with Crippen LogP contribution in [0.4, 0.5) is 0 Å². The van der Waals surface area contributed by atoms with Crippen LogP contribution in [0, 0.1) is 0 Å². The van der Waals surface area contributed by atoms with E-state index in [1.54, 1.807) is 0 Å². The minimum Gasteiger partial charge on any atom is -0.0912 e. The Kier molecular flexibility index (Phi) is 5.44. The number of fused-ring (bicyclic) bond motifs is 4. The summed E-state index contributed by atoms with van der Waals surface area (Å²) in [5, 5.41) is 8.12. The second kappa shape index (κ2) is 9.56. The Morgan fingerprint density at radius 1 is 0.295 bits per heavy atom. The van der Waals surface area contributed by atoms with E-state index in [2.05, 4.69) is 146 Å². The van der Waals surface area contributed by atoms with Crippen LogP contribution in [0.15, 0.2) is 165 Å². The Balaban J connectivity index is 1.27. The van der Waals surface area contributed by atoms with Crippen molar-refractivity contribution in [3.05, 3.63) is 146 Å². The van der Waals surface area contributed by atoms with Gasteiger partial charge in [-0.3, -0.25) is 0 Å². The first-order valence-corrected chi connectivity index (χ1v) is 16.9. The second-order valence-electron chi connectivity index (χ2n) is 12.0. The first kappa shape index (κ1) is 25.0. The molecule has 4 heteroatoms. The van der Waals surface area contributed by atoms with Gasteiger partial charge in [-0.15, -0.1) is 0 Å². The molecule has 0 N–H and O–H groups in total. The van der Waals surface area contributed by atoms with Crippen LogP contribution in [0.25, 0.3) is 32.3 Å². The molecule has 0 aliphatic carbocycles. The zero-order valence-electron chi connectivity index (χ0n) is 23.8. The quantitative estimate of drug-likeness (QED) is 0.166. The highest BCUT2D eigenvalue weighted by molar-refractivity contribution is 8.00. The lowest BCUT2D eigenvalue weighted by molar-refractivity contribution is 1.43. The first-order valence-electron chi connectivity index (χ1n) is 15.3. The van der Waals surface area contributed by atoms with Crippen LogP contribution in [0.3, 0.4) is 0 Å². The third-order valence-corrected chi connectivity index (χ3v) is 12.1. The van der Waals surface area contributed by atoms with Gasteiger partial charge in [-0.25, -0.2) is 0 Å². The van der Waals surface area contributed by atoms with Crippen molar-refractivity contribution in [2.45, 2.75) is 19.6 Å². The summed E-state index contributed by atoms with van der Waals surface area (Å²) < 4.78 is 0. The molecule has 202 valence electrons. The molecule has 2 aliphatic heterocycles. The number of rotatable bonds is 2. The van der Waals surface area contributed by atoms with Gasteiger partial charge < -0.3 is 0 Å². The van der Waals surface area contributed by atoms with Crippen LogP contribution in [-0.4, -0.2) is 13.4 Å². The molecule has 0 spiro atoms. The van der Waals surface area contributed by atoms with Gasteiger partial charge in [0.1, 0.15) is 0 Å². The standard InChI is InChI=1S/C40H24B2S2/c1-5-13-35-31(9-1)41(32-10-2-6-14-36(32)43-35)29-23-19-25-17-18-26-20-24-30(28-22-21-27(29)39(25)40(26)28)42-33-11-3-7-15-37(33)44-38-16-8-4-12-34(38)42/h1-24H. The Bertz CT molecular complexity index is 2170. The predicted molar refractivity (Wildman–Crippen MR) is 193 cm³/mol. The van der Waals surface area contributed by atoms with Gasteiger partial charge in [0, 0.05) is 19.6 Å². The van der Waals surface area contributed by atoms with Crippen LogP contribution >= 0.6 is 23.5 Å². The molecule has 44 heavy (non-hydrogen) atoms. The fourth-order valence-electron chi connectivity index (χ4n) is 7.84. The van der Waals surface area contributed by atoms with Crippen molar-refractivity contribution in [3.8, 4) is 0 Å². The lowest BCUT2D eigenvalue weighted by Gasteiger charge is -2.28. The molecule has 0 fully saturated rings. The van der Waals surface area contributed by atoms with Gasteiger partial charge in [0.25, 0.3) is 0 Å². The maximum absolute atomic E-state index is 2.42. The molecule has 0 radical (unpaired) electrons. The summed E-state index contributed by atoms with van der Waals surface area (Å²) in [6.45, 7) is 0.392. The normalized spacial score (nSPS) is 13.6. The minimum absolute atomic E-state index is 0.196. The summed E-state index contributed by atoms with van der Waals surface area (Å²) in [5.74, 6) is 0. The van der Waals surface area contributed by atoms with E-state index in [4.69, 9.17) is 0 Å². The van der Waals surface area contributed by atoms with E-state index in [9.17, 15) is 0 Å². The maximum atomic E-state index is 2.42. The van der Waals surface area contributed by atoms with Gasteiger partial charge in [0.05, 0.1) is 0 Å². The number of hydrogen-bond acceptors (Lipinski definition) is 2. The third-order valence-electron chi connectivity index (χ3n) is 9.71. The van der Waals surface area contributed by atoms with E-state index < -0.39 is 0 Å². The van der Waals surface area contributed by atoms with Gasteiger partial charge in [-0.1, -0.05) is 178 Å². The van der Waals surface area contributed by atoms with Crippen LogP contribution in [0.2, 0.25) is 0 Å². The van der Waals surface area contributed by atoms with Crippen LogP contribution < -0.4 is 32.8 Å². The zero-order chi connectivity index (χ0) is 28.8. The highest BCUT2D eigenvalue weighted by atomic mass is 32.2. The van der Waals surface area contributed by atoms with E-state index in [-0.39, 0.29) is 13.4 Å². The van der Waals surface area contributed by atoms with Gasteiger partial charge in [-0.05, 0) is 56.6 Å². The highest BCUT2D eigenvalue weighted by Crippen LogP contribution is 2.36. The third kappa shape index (κ3) is 3.53. The lowest BCUT2D eigenvalue weighted by atomic mass is 9.35. The molecule has 2 heterocycles. The monoisotopic (exact) mass is 590 g/mol. The Hall–Kier alpha value is -4.37. The van der Waals surface area contributed by atoms with Gasteiger partial charge in [-0.2, -0.15) is 0 Å². The molecule has 10 rings (SSSR count). The molecule has 0 saturated carbocycles. The second-order valence-corrected chi connectivity index (χ2v) is 14.1. The molecule has 0 atom stereocenters. The Labute approximate surface area is 266 Å². The summed E-state index contributed by atoms with van der Waals surface area (Å²) in [6.07, 6.45) is 0. The summed E-state index contributed by atoms with van der Waals surface area (Å²) >= 11 is 3.80. The van der Waals surface area contributed by atoms with Gasteiger partial charge in [0.15, 0.2) is 0 Å². The Morgan fingerprint density at radius 2 is 0.614 bits per heavy atom. The predicted octanol–water partition coefficient (Wildman–Crippen LogP) is 6.55. The lowest BCUT2D eigenvalue weighted by Crippen LogP contribution is -2.55. The smallest absolute Gasteiger partial charge is 0.0912 e. The largest absolute Gasteiger partial charge is 0.244 e. The molecular formula is C40H24B2S2. The molecule has 0 unspecified atom stereocenters. The van der Waals surface area contributed by atoms with E-state index in [1.165, 1.54) is 84.7 Å². The SMILES string of the molecule is c1ccc2c(c1)Sc1ccccc1B2c1ccc2ccc3ccc(B4c5ccccc5Sc5ccccc54)c4ccc1c2c34. The van der Waals surface area contributed by atoms with Crippen molar-refractivity contribution in [2.75, 3.05) is 0 Å². The van der Waals surface area contributed by atoms with Crippen LogP contribution in [-0.2, 0) is 0 Å². The van der Waals surface area contributed by atoms with Crippen molar-refractivity contribution >= 4 is 102 Å². The summed E-state index contributed by atoms with van der Waals surface area (Å²) in [5.41, 5.74) is 8.39. The van der Waals surface area contributed by atoms with Crippen molar-refractivity contribution in [3.63, 3.8) is 0 Å². The maximum Gasteiger partial charge on any atom is 0.244 e. The number of benzene rings is 8. The summed E-state index contributed by atoms with van der Waals surface area (Å²) in [4.78, 5) is 5.43. The zero-order valence-corrected chi connectivity index (χ0v) is 25.5. The van der Waals surface area contributed by atoms with Crippen LogP contribution in [0.5, 0.6) is 0 Å². The Morgan fingerprint density at radius 3 is 0.977 bits per heavy atom. The van der Waals surface area contributed by atoms with E-state index in [1.807, 2.05) is 23.5 Å². The van der Waals surface area contributed by atoms with Crippen LogP contribution in [0.1, 0.15) is 0 Å². The average Bonchev–Trinajstić information content (AvgIpc) is 3.08. The highest BCUT2D eigenvalue weighted by Gasteiger charge is 2.34. The topological polar surface area (TPSA) is 0 Å². The van der Waals surface area contributed by atoms with E-state index >= 15 is 0 Å². The summed E-state index contributed by atoms with van der Waals surface area (Å²) in [7, 11) is 0. The summed E-state index contributed by atoms with van der Waals surface area (Å²) in [6, 6.07) is 54.9. The molecule has 8 aromatic rings. The molecule has 0 aromatic heterocycles. The fourth-order valence-corrected chi connectivity index (χ4v) is 10.1. The minimum atomic E-state index is 0.196. The molecule has 0 amide bonds. The molecule has 8 aromatic carbocycles. The van der Waals surface area contributed by atoms with Crippen molar-refractivity contribution in [1.82, 2.24) is 0 Å². The average molecular weight is 590 g/mol. The van der Waals surface area contributed by atoms with Crippen molar-refractivity contribution < 1.29 is 0 Å². The first-order chi connectivity index (χ1) is 21.8. The molecule has 2 aliphatic rings. The van der Waals surface area contributed by atoms with E-state index in [0.717, 1.165) is 0 Å². The van der Waals surface area contributed by atoms with Gasteiger partial charge >= 0.3 is 0 Å². The van der Waals surface area contributed by atoms with Crippen molar-refractivity contribution in [1.29, 1.82) is 0 Å². The molecule has 0 bridgehead atoms. The molecular weight excluding hydrogens is 566 g/mol. The fraction of sp³-hybridized carbons (Fsp3) is 0. The molecule has 0 saturated heterocycles. The van der Waals surface area contributed by atoms with E-state index in [0.29, 0.717) is 0 Å². The number of hydrogen-bond donors (Lipinski definition) is 0. The molecule has 0 nitrogen and oxygen atoms in total. The van der Waals surface area contributed by atoms with Crippen molar-refractivity contribution in [2.24, 2.45) is 0 Å².